The van der Waals surface area contributed by atoms with Crippen molar-refractivity contribution in [2.45, 2.75) is 18.9 Å². The van der Waals surface area contributed by atoms with E-state index in [1.54, 1.807) is 12.1 Å². The third-order valence-corrected chi connectivity index (χ3v) is 2.86. The number of nitrogens with one attached hydrogen (secondary N) is 2. The number of hydrogen-bond donors (Lipinski definition) is 3. The minimum atomic E-state index is -0.981. The van der Waals surface area contributed by atoms with Crippen LogP contribution < -0.4 is 15.4 Å². The van der Waals surface area contributed by atoms with Crippen molar-refractivity contribution in [3.63, 3.8) is 0 Å². The number of benzene rings is 1. The van der Waals surface area contributed by atoms with Crippen LogP contribution in [0.1, 0.15) is 23.2 Å². The molecule has 20 heavy (non-hydrogen) atoms. The number of rotatable bonds is 8. The van der Waals surface area contributed by atoms with Gasteiger partial charge in [0.1, 0.15) is 12.4 Å². The molecule has 1 saturated carbocycles. The van der Waals surface area contributed by atoms with Gasteiger partial charge in [0.15, 0.2) is 0 Å². The fourth-order valence-corrected chi connectivity index (χ4v) is 1.67. The van der Waals surface area contributed by atoms with Gasteiger partial charge in [-0.2, -0.15) is 0 Å². The van der Waals surface area contributed by atoms with Crippen LogP contribution >= 0.6 is 0 Å². The van der Waals surface area contributed by atoms with Gasteiger partial charge in [-0.3, -0.25) is 4.79 Å². The SMILES string of the molecule is O=C(CNCCOc1cccc(C(=O)O)c1)NC1CC1. The summed E-state index contributed by atoms with van der Waals surface area (Å²) in [6.45, 7) is 1.17. The second-order valence-corrected chi connectivity index (χ2v) is 4.70. The first-order chi connectivity index (χ1) is 9.65. The van der Waals surface area contributed by atoms with Crippen LogP contribution in [0.4, 0.5) is 0 Å². The molecule has 0 aliphatic heterocycles. The smallest absolute Gasteiger partial charge is 0.335 e. The first-order valence-corrected chi connectivity index (χ1v) is 6.61. The molecule has 0 radical (unpaired) electrons. The van der Waals surface area contributed by atoms with E-state index >= 15 is 0 Å². The van der Waals surface area contributed by atoms with Gasteiger partial charge in [0.05, 0.1) is 12.1 Å². The van der Waals surface area contributed by atoms with Gasteiger partial charge in [-0.05, 0) is 31.0 Å². The zero-order valence-electron chi connectivity index (χ0n) is 11.1. The van der Waals surface area contributed by atoms with E-state index in [1.807, 2.05) is 0 Å². The second-order valence-electron chi connectivity index (χ2n) is 4.70. The first-order valence-electron chi connectivity index (χ1n) is 6.61. The Morgan fingerprint density at radius 3 is 2.85 bits per heavy atom. The summed E-state index contributed by atoms with van der Waals surface area (Å²) < 4.78 is 5.41. The lowest BCUT2D eigenvalue weighted by molar-refractivity contribution is -0.120. The Labute approximate surface area is 117 Å². The second kappa shape index (κ2) is 6.91. The number of hydrogen-bond acceptors (Lipinski definition) is 4. The maximum atomic E-state index is 11.4. The molecular weight excluding hydrogens is 260 g/mol. The Balaban J connectivity index is 1.61. The zero-order chi connectivity index (χ0) is 14.4. The highest BCUT2D eigenvalue weighted by Gasteiger charge is 2.22. The van der Waals surface area contributed by atoms with Crippen molar-refractivity contribution in [3.8, 4) is 5.75 Å². The van der Waals surface area contributed by atoms with Crippen LogP contribution in [0.15, 0.2) is 24.3 Å². The summed E-state index contributed by atoms with van der Waals surface area (Å²) in [6, 6.07) is 6.69. The molecule has 108 valence electrons. The summed E-state index contributed by atoms with van der Waals surface area (Å²) in [5.74, 6) is -0.472. The van der Waals surface area contributed by atoms with E-state index in [1.165, 1.54) is 12.1 Å². The van der Waals surface area contributed by atoms with Crippen LogP contribution in [-0.2, 0) is 4.79 Å². The lowest BCUT2D eigenvalue weighted by Gasteiger charge is -2.08. The lowest BCUT2D eigenvalue weighted by Crippen LogP contribution is -2.36. The third-order valence-electron chi connectivity index (χ3n) is 2.86. The number of carboxylic acid groups (broad SMARTS) is 1. The number of carbonyl (C=O) groups is 2. The van der Waals surface area contributed by atoms with Gasteiger partial charge in [0.25, 0.3) is 0 Å². The molecule has 0 heterocycles. The minimum absolute atomic E-state index is 0.000347. The molecule has 3 N–H and O–H groups in total. The Morgan fingerprint density at radius 1 is 1.35 bits per heavy atom. The van der Waals surface area contributed by atoms with Gasteiger partial charge in [0.2, 0.25) is 5.91 Å². The first kappa shape index (κ1) is 14.3. The number of carbonyl (C=O) groups excluding carboxylic acids is 1. The van der Waals surface area contributed by atoms with Crippen molar-refractivity contribution in [3.05, 3.63) is 29.8 Å². The van der Waals surface area contributed by atoms with Crippen molar-refractivity contribution < 1.29 is 19.4 Å². The molecule has 1 fully saturated rings. The maximum absolute atomic E-state index is 11.4. The predicted octanol–water partition coefficient (Wildman–Crippen LogP) is 0.632. The fourth-order valence-electron chi connectivity index (χ4n) is 1.67. The molecule has 6 nitrogen and oxygen atoms in total. The van der Waals surface area contributed by atoms with Gasteiger partial charge < -0.3 is 20.5 Å². The Bertz CT molecular complexity index is 486. The zero-order valence-corrected chi connectivity index (χ0v) is 11.1. The van der Waals surface area contributed by atoms with E-state index in [2.05, 4.69) is 10.6 Å². The van der Waals surface area contributed by atoms with Gasteiger partial charge in [-0.15, -0.1) is 0 Å². The van der Waals surface area contributed by atoms with Crippen LogP contribution in [0.5, 0.6) is 5.75 Å². The molecule has 0 spiro atoms. The number of aromatic carboxylic acids is 1. The van der Waals surface area contributed by atoms with E-state index in [9.17, 15) is 9.59 Å². The molecule has 0 bridgehead atoms. The molecule has 1 aliphatic rings. The van der Waals surface area contributed by atoms with Crippen molar-refractivity contribution in [2.24, 2.45) is 0 Å². The molecule has 2 rings (SSSR count). The third kappa shape index (κ3) is 4.89. The number of carboxylic acids is 1. The van der Waals surface area contributed by atoms with E-state index in [0.29, 0.717) is 24.9 Å². The average molecular weight is 278 g/mol. The van der Waals surface area contributed by atoms with Crippen LogP contribution in [0, 0.1) is 0 Å². The Hall–Kier alpha value is -2.08. The highest BCUT2D eigenvalue weighted by molar-refractivity contribution is 5.88. The van der Waals surface area contributed by atoms with E-state index in [0.717, 1.165) is 12.8 Å². The topological polar surface area (TPSA) is 87.7 Å². The standard InChI is InChI=1S/C14H18N2O4/c17-13(16-11-4-5-11)9-15-6-7-20-12-3-1-2-10(8-12)14(18)19/h1-3,8,11,15H,4-7,9H2,(H,16,17)(H,18,19). The number of ether oxygens (including phenoxy) is 1. The Kier molecular flexibility index (Phi) is 4.95. The van der Waals surface area contributed by atoms with Crippen molar-refractivity contribution in [2.75, 3.05) is 19.7 Å². The van der Waals surface area contributed by atoms with Crippen molar-refractivity contribution in [1.82, 2.24) is 10.6 Å². The monoisotopic (exact) mass is 278 g/mol. The van der Waals surface area contributed by atoms with Gasteiger partial charge >= 0.3 is 5.97 Å². The molecule has 1 aliphatic carbocycles. The van der Waals surface area contributed by atoms with Gasteiger partial charge in [-0.1, -0.05) is 6.07 Å². The summed E-state index contributed by atoms with van der Waals surface area (Å²) >= 11 is 0. The predicted molar refractivity (Wildman–Crippen MR) is 72.9 cm³/mol. The largest absolute Gasteiger partial charge is 0.492 e. The van der Waals surface area contributed by atoms with Gasteiger partial charge in [-0.25, -0.2) is 4.79 Å². The molecule has 6 heteroatoms. The van der Waals surface area contributed by atoms with Crippen LogP contribution in [0.3, 0.4) is 0 Å². The quantitative estimate of drug-likeness (QED) is 0.607. The molecule has 0 atom stereocenters. The average Bonchev–Trinajstić information content (AvgIpc) is 3.22. The van der Waals surface area contributed by atoms with E-state index in [4.69, 9.17) is 9.84 Å². The Morgan fingerprint density at radius 2 is 2.15 bits per heavy atom. The highest BCUT2D eigenvalue weighted by Crippen LogP contribution is 2.18. The fraction of sp³-hybridized carbons (Fsp3) is 0.429. The van der Waals surface area contributed by atoms with Crippen LogP contribution in [0.2, 0.25) is 0 Å². The van der Waals surface area contributed by atoms with Crippen molar-refractivity contribution in [1.29, 1.82) is 0 Å². The normalized spacial score (nSPS) is 13.8. The molecule has 1 amide bonds. The molecule has 0 aromatic heterocycles. The van der Waals surface area contributed by atoms with Crippen molar-refractivity contribution >= 4 is 11.9 Å². The highest BCUT2D eigenvalue weighted by atomic mass is 16.5. The molecule has 0 saturated heterocycles. The molecule has 1 aromatic carbocycles. The minimum Gasteiger partial charge on any atom is -0.492 e. The van der Waals surface area contributed by atoms with E-state index in [-0.39, 0.29) is 18.0 Å². The summed E-state index contributed by atoms with van der Waals surface area (Å²) in [6.07, 6.45) is 2.16. The van der Waals surface area contributed by atoms with Crippen LogP contribution in [0.25, 0.3) is 0 Å². The summed E-state index contributed by atoms with van der Waals surface area (Å²) in [7, 11) is 0. The number of amides is 1. The summed E-state index contributed by atoms with van der Waals surface area (Å²) in [5.41, 5.74) is 0.194. The van der Waals surface area contributed by atoms with Crippen LogP contribution in [-0.4, -0.2) is 42.7 Å². The molecule has 1 aromatic rings. The summed E-state index contributed by atoms with van der Waals surface area (Å²) in [5, 5.41) is 14.7. The lowest BCUT2D eigenvalue weighted by atomic mass is 10.2. The van der Waals surface area contributed by atoms with E-state index < -0.39 is 5.97 Å². The molecular formula is C14H18N2O4. The maximum Gasteiger partial charge on any atom is 0.335 e. The summed E-state index contributed by atoms with van der Waals surface area (Å²) in [4.78, 5) is 22.2. The van der Waals surface area contributed by atoms with Gasteiger partial charge in [0, 0.05) is 12.6 Å². The molecule has 0 unspecified atom stereocenters.